The predicted octanol–water partition coefficient (Wildman–Crippen LogP) is 2.26. The minimum atomic E-state index is -0.0344. The number of carbonyl (C=O) groups excluding carboxylic acids is 1. The Labute approximate surface area is 125 Å². The van der Waals surface area contributed by atoms with Gasteiger partial charge in [-0.3, -0.25) is 0 Å². The van der Waals surface area contributed by atoms with E-state index in [0.717, 1.165) is 32.4 Å². The third kappa shape index (κ3) is 2.86. The van der Waals surface area contributed by atoms with Crippen LogP contribution in [0.3, 0.4) is 0 Å². The second-order valence-electron chi connectivity index (χ2n) is 5.97. The normalized spacial score (nSPS) is 25.2. The molecule has 1 N–H and O–H groups in total. The zero-order chi connectivity index (χ0) is 14.8. The van der Waals surface area contributed by atoms with E-state index in [0.29, 0.717) is 23.3 Å². The number of amides is 2. The average molecular weight is 284 g/mol. The summed E-state index contributed by atoms with van der Waals surface area (Å²) in [6.07, 6.45) is 3.23. The first kappa shape index (κ1) is 13.9. The van der Waals surface area contributed by atoms with Crippen molar-refractivity contribution in [1.82, 2.24) is 9.80 Å². The number of benzene rings is 1. The van der Waals surface area contributed by atoms with Crippen molar-refractivity contribution < 1.29 is 4.79 Å². The van der Waals surface area contributed by atoms with Gasteiger partial charge in [-0.25, -0.2) is 4.79 Å². The fourth-order valence-corrected chi connectivity index (χ4v) is 3.43. The summed E-state index contributed by atoms with van der Waals surface area (Å²) >= 11 is 0. The molecule has 1 aromatic rings. The van der Waals surface area contributed by atoms with Gasteiger partial charge in [0.15, 0.2) is 0 Å². The van der Waals surface area contributed by atoms with Crippen LogP contribution in [0, 0.1) is 11.3 Å². The van der Waals surface area contributed by atoms with Gasteiger partial charge in [-0.2, -0.15) is 5.26 Å². The Morgan fingerprint density at radius 1 is 1.33 bits per heavy atom. The first-order chi connectivity index (χ1) is 10.2. The second kappa shape index (κ2) is 5.74. The number of urea groups is 1. The molecular formula is C16H20N4O. The van der Waals surface area contributed by atoms with E-state index < -0.39 is 0 Å². The number of rotatable bonds is 1. The van der Waals surface area contributed by atoms with Crippen LogP contribution in [0.25, 0.3) is 0 Å². The Kier molecular flexibility index (Phi) is 3.80. The number of nitrogens with zero attached hydrogens (tertiary/aromatic N) is 3. The molecule has 2 aliphatic rings. The summed E-state index contributed by atoms with van der Waals surface area (Å²) in [5.74, 6) is 0. The topological polar surface area (TPSA) is 59.4 Å². The summed E-state index contributed by atoms with van der Waals surface area (Å²) in [6.45, 7) is 2.00. The fourth-order valence-electron chi connectivity index (χ4n) is 3.43. The van der Waals surface area contributed by atoms with Crippen LogP contribution < -0.4 is 5.32 Å². The van der Waals surface area contributed by atoms with Crippen molar-refractivity contribution in [2.45, 2.75) is 31.3 Å². The molecule has 2 atom stereocenters. The van der Waals surface area contributed by atoms with Crippen molar-refractivity contribution in [2.75, 3.05) is 25.5 Å². The van der Waals surface area contributed by atoms with Crippen LogP contribution in [0.5, 0.6) is 0 Å². The van der Waals surface area contributed by atoms with E-state index in [1.54, 1.807) is 18.2 Å². The largest absolute Gasteiger partial charge is 0.322 e. The maximum atomic E-state index is 12.6. The molecule has 2 bridgehead atoms. The molecule has 0 unspecified atom stereocenters. The third-order valence-corrected chi connectivity index (χ3v) is 4.46. The molecule has 2 saturated heterocycles. The van der Waals surface area contributed by atoms with Crippen molar-refractivity contribution in [3.8, 4) is 6.07 Å². The highest BCUT2D eigenvalue weighted by Gasteiger charge is 2.39. The summed E-state index contributed by atoms with van der Waals surface area (Å²) in [5.41, 5.74) is 1.25. The molecule has 110 valence electrons. The summed E-state index contributed by atoms with van der Waals surface area (Å²) in [7, 11) is 2.12. The lowest BCUT2D eigenvalue weighted by Crippen LogP contribution is -2.45. The molecule has 1 aromatic carbocycles. The fraction of sp³-hybridized carbons (Fsp3) is 0.500. The van der Waals surface area contributed by atoms with E-state index in [2.05, 4.69) is 23.3 Å². The zero-order valence-corrected chi connectivity index (χ0v) is 12.2. The van der Waals surface area contributed by atoms with Gasteiger partial charge in [0.05, 0.1) is 11.6 Å². The standard InChI is InChI=1S/C16H20N4O/c1-19-8-7-14-5-6-15(11-19)20(14)16(21)18-13-4-2-3-12(9-13)10-17/h2-4,9,14-15H,5-8,11H2,1H3,(H,18,21)/t14-,15-/m1/s1. The highest BCUT2D eigenvalue weighted by molar-refractivity contribution is 5.90. The Balaban J connectivity index is 1.74. The van der Waals surface area contributed by atoms with Crippen LogP contribution in [0.15, 0.2) is 24.3 Å². The van der Waals surface area contributed by atoms with Gasteiger partial charge in [0, 0.05) is 24.3 Å². The molecule has 2 fully saturated rings. The van der Waals surface area contributed by atoms with Gasteiger partial charge >= 0.3 is 6.03 Å². The molecule has 2 heterocycles. The van der Waals surface area contributed by atoms with E-state index in [1.807, 2.05) is 11.0 Å². The van der Waals surface area contributed by atoms with Gasteiger partial charge in [0.2, 0.25) is 0 Å². The molecule has 21 heavy (non-hydrogen) atoms. The number of fused-ring (bicyclic) bond motifs is 2. The van der Waals surface area contributed by atoms with E-state index in [-0.39, 0.29) is 6.03 Å². The van der Waals surface area contributed by atoms with E-state index in [1.165, 1.54) is 0 Å². The maximum absolute atomic E-state index is 12.6. The van der Waals surface area contributed by atoms with Crippen LogP contribution >= 0.6 is 0 Å². The highest BCUT2D eigenvalue weighted by atomic mass is 16.2. The summed E-state index contributed by atoms with van der Waals surface area (Å²) in [6, 6.07) is 9.78. The Morgan fingerprint density at radius 3 is 2.95 bits per heavy atom. The van der Waals surface area contributed by atoms with Crippen molar-refractivity contribution in [3.63, 3.8) is 0 Å². The monoisotopic (exact) mass is 284 g/mol. The Bertz CT molecular complexity index is 580. The Morgan fingerprint density at radius 2 is 2.14 bits per heavy atom. The SMILES string of the molecule is CN1CC[C@H]2CC[C@H](C1)N2C(=O)Nc1cccc(C#N)c1. The lowest BCUT2D eigenvalue weighted by atomic mass is 10.1. The summed E-state index contributed by atoms with van der Waals surface area (Å²) in [4.78, 5) is 16.9. The van der Waals surface area contributed by atoms with Crippen LogP contribution in [-0.2, 0) is 0 Å². The Hall–Kier alpha value is -2.06. The van der Waals surface area contributed by atoms with Crippen LogP contribution in [0.2, 0.25) is 0 Å². The number of nitriles is 1. The van der Waals surface area contributed by atoms with Crippen molar-refractivity contribution in [2.24, 2.45) is 0 Å². The maximum Gasteiger partial charge on any atom is 0.322 e. The molecule has 3 rings (SSSR count). The third-order valence-electron chi connectivity index (χ3n) is 4.46. The smallest absolute Gasteiger partial charge is 0.317 e. The molecule has 0 radical (unpaired) electrons. The summed E-state index contributed by atoms with van der Waals surface area (Å²) in [5, 5.41) is 11.9. The van der Waals surface area contributed by atoms with Crippen molar-refractivity contribution in [1.29, 1.82) is 5.26 Å². The first-order valence-electron chi connectivity index (χ1n) is 7.45. The van der Waals surface area contributed by atoms with Crippen LogP contribution in [0.4, 0.5) is 10.5 Å². The number of likely N-dealkylation sites (tertiary alicyclic amines) is 1. The van der Waals surface area contributed by atoms with Gasteiger partial charge in [0.1, 0.15) is 0 Å². The zero-order valence-electron chi connectivity index (χ0n) is 12.2. The number of carbonyl (C=O) groups is 1. The molecule has 0 spiro atoms. The van der Waals surface area contributed by atoms with E-state index in [4.69, 9.17) is 5.26 Å². The van der Waals surface area contributed by atoms with E-state index in [9.17, 15) is 4.79 Å². The van der Waals surface area contributed by atoms with Gasteiger partial charge in [-0.05, 0) is 51.1 Å². The number of nitrogens with one attached hydrogen (secondary N) is 1. The highest BCUT2D eigenvalue weighted by Crippen LogP contribution is 2.30. The molecule has 0 saturated carbocycles. The lowest BCUT2D eigenvalue weighted by Gasteiger charge is -2.28. The van der Waals surface area contributed by atoms with Crippen LogP contribution in [-0.4, -0.2) is 48.1 Å². The minimum absolute atomic E-state index is 0.0344. The number of anilines is 1. The number of likely N-dealkylation sites (N-methyl/N-ethyl adjacent to an activating group) is 1. The molecule has 5 nitrogen and oxygen atoms in total. The van der Waals surface area contributed by atoms with Gasteiger partial charge in [-0.1, -0.05) is 6.07 Å². The molecule has 2 amide bonds. The van der Waals surface area contributed by atoms with Gasteiger partial charge < -0.3 is 15.1 Å². The predicted molar refractivity (Wildman–Crippen MR) is 80.9 cm³/mol. The molecular weight excluding hydrogens is 264 g/mol. The molecule has 2 aliphatic heterocycles. The van der Waals surface area contributed by atoms with Crippen molar-refractivity contribution in [3.05, 3.63) is 29.8 Å². The average Bonchev–Trinajstić information content (AvgIpc) is 2.79. The van der Waals surface area contributed by atoms with Crippen LogP contribution in [0.1, 0.15) is 24.8 Å². The molecule has 0 aromatic heterocycles. The lowest BCUT2D eigenvalue weighted by molar-refractivity contribution is 0.186. The summed E-state index contributed by atoms with van der Waals surface area (Å²) < 4.78 is 0. The quantitative estimate of drug-likeness (QED) is 0.860. The first-order valence-corrected chi connectivity index (χ1v) is 7.45. The van der Waals surface area contributed by atoms with E-state index >= 15 is 0 Å². The van der Waals surface area contributed by atoms with Gasteiger partial charge in [0.25, 0.3) is 0 Å². The second-order valence-corrected chi connectivity index (χ2v) is 5.97. The molecule has 5 heteroatoms. The van der Waals surface area contributed by atoms with Gasteiger partial charge in [-0.15, -0.1) is 0 Å². The minimum Gasteiger partial charge on any atom is -0.317 e. The molecule has 0 aliphatic carbocycles. The number of hydrogen-bond acceptors (Lipinski definition) is 3. The number of hydrogen-bond donors (Lipinski definition) is 1. The van der Waals surface area contributed by atoms with Crippen molar-refractivity contribution >= 4 is 11.7 Å².